The van der Waals surface area contributed by atoms with Gasteiger partial charge in [-0.25, -0.2) is 0 Å². The topological polar surface area (TPSA) is 39.7 Å². The number of ether oxygens (including phenoxy) is 3. The van der Waals surface area contributed by atoms with Crippen molar-refractivity contribution in [2.24, 2.45) is 0 Å². The summed E-state index contributed by atoms with van der Waals surface area (Å²) in [5.41, 5.74) is 2.01. The lowest BCUT2D eigenvalue weighted by atomic mass is 10.1. The van der Waals surface area contributed by atoms with Crippen molar-refractivity contribution in [1.82, 2.24) is 0 Å². The molecule has 4 heteroatoms. The standard InChI is InChI=1S/C18H23NO3/c1-4-12-22-18-14(8-7-11-17(18)21-3)13-19-15-9-5-6-10-16(15)20-2/h5-11,19H,4,12-13H2,1-3H3. The molecule has 0 unspecified atom stereocenters. The van der Waals surface area contributed by atoms with Crippen molar-refractivity contribution in [1.29, 1.82) is 0 Å². The number of benzene rings is 2. The summed E-state index contributed by atoms with van der Waals surface area (Å²) >= 11 is 0. The van der Waals surface area contributed by atoms with Crippen molar-refractivity contribution in [3.8, 4) is 17.2 Å². The summed E-state index contributed by atoms with van der Waals surface area (Å²) in [6.45, 7) is 3.39. The van der Waals surface area contributed by atoms with Gasteiger partial charge in [-0.05, 0) is 24.6 Å². The van der Waals surface area contributed by atoms with Crippen molar-refractivity contribution in [3.05, 3.63) is 48.0 Å². The first-order valence-corrected chi connectivity index (χ1v) is 7.45. The SMILES string of the molecule is CCCOc1c(CNc2ccccc2OC)cccc1OC. The maximum atomic E-state index is 5.86. The first-order valence-electron chi connectivity index (χ1n) is 7.45. The molecule has 4 nitrogen and oxygen atoms in total. The maximum Gasteiger partial charge on any atom is 0.166 e. The van der Waals surface area contributed by atoms with Crippen LogP contribution in [-0.2, 0) is 6.54 Å². The van der Waals surface area contributed by atoms with E-state index in [0.29, 0.717) is 13.2 Å². The Morgan fingerprint density at radius 2 is 1.64 bits per heavy atom. The van der Waals surface area contributed by atoms with Gasteiger partial charge in [-0.3, -0.25) is 0 Å². The molecule has 0 aliphatic rings. The lowest BCUT2D eigenvalue weighted by Crippen LogP contribution is -2.06. The highest BCUT2D eigenvalue weighted by molar-refractivity contribution is 5.57. The smallest absolute Gasteiger partial charge is 0.166 e. The van der Waals surface area contributed by atoms with Crippen LogP contribution < -0.4 is 19.5 Å². The van der Waals surface area contributed by atoms with Gasteiger partial charge in [0, 0.05) is 12.1 Å². The van der Waals surface area contributed by atoms with Crippen molar-refractivity contribution >= 4 is 5.69 Å². The Balaban J connectivity index is 2.18. The molecule has 0 aromatic heterocycles. The van der Waals surface area contributed by atoms with Gasteiger partial charge < -0.3 is 19.5 Å². The van der Waals surface area contributed by atoms with E-state index in [9.17, 15) is 0 Å². The highest BCUT2D eigenvalue weighted by atomic mass is 16.5. The highest BCUT2D eigenvalue weighted by Crippen LogP contribution is 2.32. The Bertz CT molecular complexity index is 599. The van der Waals surface area contributed by atoms with Gasteiger partial charge in [0.15, 0.2) is 11.5 Å². The Morgan fingerprint density at radius 1 is 0.909 bits per heavy atom. The summed E-state index contributed by atoms with van der Waals surface area (Å²) in [5.74, 6) is 2.38. The van der Waals surface area contributed by atoms with Crippen LogP contribution in [0.5, 0.6) is 17.2 Å². The molecule has 2 aromatic carbocycles. The molecule has 118 valence electrons. The molecule has 0 aliphatic heterocycles. The Hall–Kier alpha value is -2.36. The first-order chi connectivity index (χ1) is 10.8. The van der Waals surface area contributed by atoms with E-state index in [1.807, 2.05) is 42.5 Å². The van der Waals surface area contributed by atoms with Gasteiger partial charge in [-0.15, -0.1) is 0 Å². The van der Waals surface area contributed by atoms with Crippen molar-refractivity contribution in [2.45, 2.75) is 19.9 Å². The van der Waals surface area contributed by atoms with Crippen LogP contribution in [0, 0.1) is 0 Å². The zero-order valence-electron chi connectivity index (χ0n) is 13.4. The average molecular weight is 301 g/mol. The predicted octanol–water partition coefficient (Wildman–Crippen LogP) is 4.10. The zero-order chi connectivity index (χ0) is 15.8. The van der Waals surface area contributed by atoms with Crippen LogP contribution in [0.25, 0.3) is 0 Å². The summed E-state index contributed by atoms with van der Waals surface area (Å²) in [5, 5.41) is 3.39. The van der Waals surface area contributed by atoms with Crippen LogP contribution in [0.3, 0.4) is 0 Å². The minimum atomic E-state index is 0.636. The lowest BCUT2D eigenvalue weighted by molar-refractivity contribution is 0.291. The van der Waals surface area contributed by atoms with E-state index in [4.69, 9.17) is 14.2 Å². The van der Waals surface area contributed by atoms with Gasteiger partial charge in [0.2, 0.25) is 0 Å². The molecule has 0 fully saturated rings. The molecule has 0 bridgehead atoms. The van der Waals surface area contributed by atoms with Crippen molar-refractivity contribution in [2.75, 3.05) is 26.1 Å². The fraction of sp³-hybridized carbons (Fsp3) is 0.333. The van der Waals surface area contributed by atoms with Crippen molar-refractivity contribution in [3.63, 3.8) is 0 Å². The van der Waals surface area contributed by atoms with Crippen LogP contribution in [0.2, 0.25) is 0 Å². The quantitative estimate of drug-likeness (QED) is 0.796. The Kier molecular flexibility index (Phi) is 5.95. The van der Waals surface area contributed by atoms with Gasteiger partial charge >= 0.3 is 0 Å². The second-order valence-corrected chi connectivity index (χ2v) is 4.85. The van der Waals surface area contributed by atoms with Crippen LogP contribution in [0.15, 0.2) is 42.5 Å². The number of methoxy groups -OCH3 is 2. The van der Waals surface area contributed by atoms with Gasteiger partial charge in [0.25, 0.3) is 0 Å². The summed E-state index contributed by atoms with van der Waals surface area (Å²) in [6, 6.07) is 13.8. The molecule has 0 saturated carbocycles. The lowest BCUT2D eigenvalue weighted by Gasteiger charge is -2.16. The van der Waals surface area contributed by atoms with Gasteiger partial charge in [0.05, 0.1) is 26.5 Å². The van der Waals surface area contributed by atoms with E-state index in [-0.39, 0.29) is 0 Å². The average Bonchev–Trinajstić information content (AvgIpc) is 2.58. The zero-order valence-corrected chi connectivity index (χ0v) is 13.4. The molecule has 0 saturated heterocycles. The normalized spacial score (nSPS) is 10.1. The molecule has 22 heavy (non-hydrogen) atoms. The summed E-state index contributed by atoms with van der Waals surface area (Å²) in [4.78, 5) is 0. The maximum absolute atomic E-state index is 5.86. The largest absolute Gasteiger partial charge is 0.495 e. The third-order valence-corrected chi connectivity index (χ3v) is 3.31. The third kappa shape index (κ3) is 3.85. The van der Waals surface area contributed by atoms with Crippen LogP contribution in [0.4, 0.5) is 5.69 Å². The number of hydrogen-bond donors (Lipinski definition) is 1. The van der Waals surface area contributed by atoms with E-state index >= 15 is 0 Å². The molecular weight excluding hydrogens is 278 g/mol. The fourth-order valence-electron chi connectivity index (χ4n) is 2.21. The van der Waals surface area contributed by atoms with Gasteiger partial charge in [0.1, 0.15) is 5.75 Å². The summed E-state index contributed by atoms with van der Waals surface area (Å²) in [6.07, 6.45) is 0.956. The Morgan fingerprint density at radius 3 is 2.36 bits per heavy atom. The minimum Gasteiger partial charge on any atom is -0.495 e. The molecule has 0 aliphatic carbocycles. The third-order valence-electron chi connectivity index (χ3n) is 3.31. The fourth-order valence-corrected chi connectivity index (χ4v) is 2.21. The highest BCUT2D eigenvalue weighted by Gasteiger charge is 2.11. The number of anilines is 1. The molecular formula is C18H23NO3. The molecule has 2 rings (SSSR count). The van der Waals surface area contributed by atoms with E-state index in [1.54, 1.807) is 14.2 Å². The molecule has 0 amide bonds. The second kappa shape index (κ2) is 8.17. The summed E-state index contributed by atoms with van der Waals surface area (Å²) < 4.78 is 16.6. The Labute approximate surface area is 132 Å². The van der Waals surface area contributed by atoms with Crippen LogP contribution in [-0.4, -0.2) is 20.8 Å². The van der Waals surface area contributed by atoms with E-state index < -0.39 is 0 Å². The number of rotatable bonds is 8. The van der Waals surface area contributed by atoms with Gasteiger partial charge in [-0.2, -0.15) is 0 Å². The number of hydrogen-bond acceptors (Lipinski definition) is 4. The van der Waals surface area contributed by atoms with Crippen LogP contribution in [0.1, 0.15) is 18.9 Å². The molecule has 0 atom stereocenters. The van der Waals surface area contributed by atoms with E-state index in [0.717, 1.165) is 34.9 Å². The molecule has 1 N–H and O–H groups in total. The predicted molar refractivity (Wildman–Crippen MR) is 89.1 cm³/mol. The minimum absolute atomic E-state index is 0.636. The number of nitrogens with one attached hydrogen (secondary N) is 1. The van der Waals surface area contributed by atoms with Crippen molar-refractivity contribution < 1.29 is 14.2 Å². The first kappa shape index (κ1) is 16.0. The molecule has 0 spiro atoms. The molecule has 0 heterocycles. The van der Waals surface area contributed by atoms with E-state index in [2.05, 4.69) is 12.2 Å². The van der Waals surface area contributed by atoms with E-state index in [1.165, 1.54) is 0 Å². The van der Waals surface area contributed by atoms with Crippen LogP contribution >= 0.6 is 0 Å². The summed E-state index contributed by atoms with van der Waals surface area (Å²) in [7, 11) is 3.33. The number of para-hydroxylation sites is 3. The molecule has 0 radical (unpaired) electrons. The van der Waals surface area contributed by atoms with Gasteiger partial charge in [-0.1, -0.05) is 31.2 Å². The second-order valence-electron chi connectivity index (χ2n) is 4.85. The molecule has 2 aromatic rings. The monoisotopic (exact) mass is 301 g/mol.